The van der Waals surface area contributed by atoms with E-state index in [2.05, 4.69) is 19.2 Å². The Bertz CT molecular complexity index is 931. The molecule has 4 aliphatic rings. The molecule has 4 aliphatic carbocycles. The number of nitrogens with one attached hydrogen (secondary N) is 1. The molecule has 1 unspecified atom stereocenters. The molecule has 0 radical (unpaired) electrons. The highest BCUT2D eigenvalue weighted by molar-refractivity contribution is 5.81. The molecule has 0 aliphatic heterocycles. The molecule has 0 bridgehead atoms. The molecule has 6 nitrogen and oxygen atoms in total. The summed E-state index contributed by atoms with van der Waals surface area (Å²) in [5.41, 5.74) is -1.15. The standard InChI is InChI=1S/C26H43NO5/c1-15(4-9-23(30)27-14-24(31)32)19-7-8-20-18-6-5-16-12-17(28)10-11-25(16,2)21(18)13-22(29)26(19,20)3/h15-22,28-29H,4-14H2,1-3H3,(H,27,30)(H,31,32)/t15-,16-,17-,18?,19-,20+,21+,22-,25+,26-/m1/s1/i10D2,12D2,17D. The Morgan fingerprint density at radius 2 is 1.94 bits per heavy atom. The number of aliphatic carboxylic acids is 1. The van der Waals surface area contributed by atoms with E-state index in [9.17, 15) is 19.8 Å². The van der Waals surface area contributed by atoms with Gasteiger partial charge in [-0.2, -0.15) is 0 Å². The van der Waals surface area contributed by atoms with Crippen molar-refractivity contribution in [1.82, 2.24) is 5.32 Å². The summed E-state index contributed by atoms with van der Waals surface area (Å²) in [4.78, 5) is 22.8. The molecule has 10 atom stereocenters. The minimum atomic E-state index is -2.83. The summed E-state index contributed by atoms with van der Waals surface area (Å²) >= 11 is 0. The third-order valence-electron chi connectivity index (χ3n) is 9.95. The largest absolute Gasteiger partial charge is 0.480 e. The van der Waals surface area contributed by atoms with E-state index in [4.69, 9.17) is 12.0 Å². The molecule has 32 heavy (non-hydrogen) atoms. The van der Waals surface area contributed by atoms with Crippen LogP contribution in [0, 0.1) is 46.3 Å². The third-order valence-corrected chi connectivity index (χ3v) is 9.95. The smallest absolute Gasteiger partial charge is 0.322 e. The van der Waals surface area contributed by atoms with Crippen molar-refractivity contribution in [2.75, 3.05) is 6.54 Å². The predicted octanol–water partition coefficient (Wildman–Crippen LogP) is 3.59. The molecule has 4 saturated carbocycles. The van der Waals surface area contributed by atoms with Gasteiger partial charge < -0.3 is 20.6 Å². The van der Waals surface area contributed by atoms with Gasteiger partial charge in [-0.15, -0.1) is 0 Å². The number of amides is 1. The van der Waals surface area contributed by atoms with Gasteiger partial charge in [0, 0.05) is 11.9 Å². The predicted molar refractivity (Wildman–Crippen MR) is 122 cm³/mol. The van der Waals surface area contributed by atoms with Crippen LogP contribution in [0.5, 0.6) is 0 Å². The first-order valence-electron chi connectivity index (χ1n) is 14.8. The number of carbonyl (C=O) groups is 2. The Labute approximate surface area is 199 Å². The molecule has 0 spiro atoms. The normalized spacial score (nSPS) is 54.2. The van der Waals surface area contributed by atoms with E-state index in [1.54, 1.807) is 0 Å². The second kappa shape index (κ2) is 8.90. The van der Waals surface area contributed by atoms with Gasteiger partial charge in [0.25, 0.3) is 0 Å². The Hall–Kier alpha value is -1.14. The van der Waals surface area contributed by atoms with Gasteiger partial charge in [0.1, 0.15) is 6.54 Å². The van der Waals surface area contributed by atoms with Crippen molar-refractivity contribution in [3.63, 3.8) is 0 Å². The van der Waals surface area contributed by atoms with E-state index < -0.39 is 48.8 Å². The molecule has 0 aromatic rings. The summed E-state index contributed by atoms with van der Waals surface area (Å²) in [5, 5.41) is 33.5. The highest BCUT2D eigenvalue weighted by Gasteiger charge is 2.63. The van der Waals surface area contributed by atoms with Crippen LogP contribution in [0.2, 0.25) is 0 Å². The number of aliphatic hydroxyl groups is 2. The lowest BCUT2D eigenvalue weighted by Gasteiger charge is -2.62. The van der Waals surface area contributed by atoms with Crippen LogP contribution in [0.25, 0.3) is 0 Å². The van der Waals surface area contributed by atoms with Crippen molar-refractivity contribution < 1.29 is 31.8 Å². The van der Waals surface area contributed by atoms with Gasteiger partial charge in [0.15, 0.2) is 0 Å². The van der Waals surface area contributed by atoms with Crippen molar-refractivity contribution in [2.45, 2.75) is 97.1 Å². The number of aliphatic hydroxyl groups excluding tert-OH is 1. The van der Waals surface area contributed by atoms with Crippen molar-refractivity contribution in [3.8, 4) is 0 Å². The highest BCUT2D eigenvalue weighted by Crippen LogP contribution is 2.68. The molecule has 0 heterocycles. The summed E-state index contributed by atoms with van der Waals surface area (Å²) in [5.74, 6) is -1.40. The van der Waals surface area contributed by atoms with Gasteiger partial charge in [0.2, 0.25) is 5.91 Å². The van der Waals surface area contributed by atoms with E-state index in [0.29, 0.717) is 19.3 Å². The van der Waals surface area contributed by atoms with Crippen LogP contribution in [0.1, 0.15) is 91.7 Å². The van der Waals surface area contributed by atoms with Gasteiger partial charge in [-0.1, -0.05) is 20.8 Å². The highest BCUT2D eigenvalue weighted by atomic mass is 16.4. The molecular weight excluding hydrogens is 406 g/mol. The average Bonchev–Trinajstić information content (AvgIpc) is 3.14. The molecule has 182 valence electrons. The van der Waals surface area contributed by atoms with E-state index in [1.807, 2.05) is 6.92 Å². The summed E-state index contributed by atoms with van der Waals surface area (Å²) < 4.78 is 42.5. The van der Waals surface area contributed by atoms with Crippen molar-refractivity contribution in [2.24, 2.45) is 46.3 Å². The number of carboxylic acids is 1. The van der Waals surface area contributed by atoms with Crippen molar-refractivity contribution in [3.05, 3.63) is 0 Å². The monoisotopic (exact) mass is 454 g/mol. The fourth-order valence-corrected chi connectivity index (χ4v) is 8.18. The van der Waals surface area contributed by atoms with E-state index in [0.717, 1.165) is 19.3 Å². The molecule has 4 N–H and O–H groups in total. The van der Waals surface area contributed by atoms with E-state index in [1.165, 1.54) is 0 Å². The summed E-state index contributed by atoms with van der Waals surface area (Å²) in [6.45, 7) is 5.76. The quantitative estimate of drug-likeness (QED) is 0.491. The first-order valence-corrected chi connectivity index (χ1v) is 12.3. The maximum atomic E-state index is 12.1. The molecule has 0 aromatic carbocycles. The zero-order valence-electron chi connectivity index (χ0n) is 24.6. The summed E-state index contributed by atoms with van der Waals surface area (Å²) in [6.07, 6.45) is -4.10. The van der Waals surface area contributed by atoms with Gasteiger partial charge in [0.05, 0.1) is 13.6 Å². The van der Waals surface area contributed by atoms with Crippen molar-refractivity contribution >= 4 is 11.9 Å². The first kappa shape index (κ1) is 18.2. The lowest BCUT2D eigenvalue weighted by Crippen LogP contribution is -2.58. The van der Waals surface area contributed by atoms with Gasteiger partial charge in [-0.25, -0.2) is 0 Å². The van der Waals surface area contributed by atoms with E-state index in [-0.39, 0.29) is 53.8 Å². The Kier molecular flexibility index (Phi) is 5.07. The zero-order chi connectivity index (χ0) is 27.8. The fraction of sp³-hybridized carbons (Fsp3) is 0.923. The lowest BCUT2D eigenvalue weighted by atomic mass is 9.43. The van der Waals surface area contributed by atoms with Crippen LogP contribution in [-0.4, -0.2) is 45.9 Å². The molecule has 6 heteroatoms. The van der Waals surface area contributed by atoms with E-state index >= 15 is 0 Å². The van der Waals surface area contributed by atoms with Gasteiger partial charge in [-0.3, -0.25) is 9.59 Å². The first-order chi connectivity index (χ1) is 16.9. The molecule has 0 aromatic heterocycles. The second-order valence-corrected chi connectivity index (χ2v) is 11.3. The van der Waals surface area contributed by atoms with Crippen LogP contribution in [0.15, 0.2) is 0 Å². The minimum absolute atomic E-state index is 0.101. The van der Waals surface area contributed by atoms with Gasteiger partial charge in [-0.05, 0) is 104 Å². The number of rotatable bonds is 6. The van der Waals surface area contributed by atoms with Crippen LogP contribution in [0.4, 0.5) is 0 Å². The topological polar surface area (TPSA) is 107 Å². The fourth-order valence-electron chi connectivity index (χ4n) is 8.18. The zero-order valence-corrected chi connectivity index (χ0v) is 19.6. The molecule has 4 fully saturated rings. The van der Waals surface area contributed by atoms with Crippen LogP contribution >= 0.6 is 0 Å². The maximum Gasteiger partial charge on any atom is 0.322 e. The second-order valence-electron chi connectivity index (χ2n) is 11.3. The number of hydrogen-bond acceptors (Lipinski definition) is 4. The average molecular weight is 455 g/mol. The van der Waals surface area contributed by atoms with Crippen molar-refractivity contribution in [1.29, 1.82) is 0 Å². The van der Waals surface area contributed by atoms with Crippen LogP contribution in [0.3, 0.4) is 0 Å². The molecule has 4 rings (SSSR count). The Morgan fingerprint density at radius 1 is 1.19 bits per heavy atom. The third kappa shape index (κ3) is 4.00. The molecular formula is C26H43NO5. The SMILES string of the molecule is [2H]C1([2H])C[C@@]2(C)[C@H](CCC3[C@@H]2C[C@@H](O)[C@]2(C)[C@@H]([C@H](C)CCC(=O)NCC(=O)O)CC[C@@H]32)C([2H])([2H])[C@]1([2H])O. The van der Waals surface area contributed by atoms with Crippen LogP contribution in [-0.2, 0) is 9.59 Å². The maximum absolute atomic E-state index is 12.1. The van der Waals surface area contributed by atoms with Gasteiger partial charge >= 0.3 is 5.97 Å². The molecule has 0 saturated heterocycles. The minimum Gasteiger partial charge on any atom is -0.480 e. The lowest BCUT2D eigenvalue weighted by molar-refractivity contribution is -0.175. The summed E-state index contributed by atoms with van der Waals surface area (Å²) in [7, 11) is 0. The number of fused-ring (bicyclic) bond motifs is 5. The summed E-state index contributed by atoms with van der Waals surface area (Å²) in [6, 6.07) is 0. The van der Waals surface area contributed by atoms with Crippen LogP contribution < -0.4 is 5.32 Å². The Morgan fingerprint density at radius 3 is 2.66 bits per heavy atom. The number of hydrogen-bond donors (Lipinski definition) is 4. The molecule has 1 amide bonds. The Balaban J connectivity index is 1.54. The number of carboxylic acid groups (broad SMARTS) is 1. The number of carbonyl (C=O) groups excluding carboxylic acids is 1.